The highest BCUT2D eigenvalue weighted by Gasteiger charge is 2.22. The summed E-state index contributed by atoms with van der Waals surface area (Å²) in [6, 6.07) is 10.0. The molecule has 0 unspecified atom stereocenters. The molecule has 0 bridgehead atoms. The zero-order valence-electron chi connectivity index (χ0n) is 14.3. The van der Waals surface area contributed by atoms with Gasteiger partial charge in [0.2, 0.25) is 0 Å². The molecule has 2 aromatic rings. The molecule has 3 rings (SSSR count). The number of nitrogens with zero attached hydrogens (tertiary/aromatic N) is 4. The minimum Gasteiger partial charge on any atom is -0.279 e. The minimum atomic E-state index is -0.267. The second kappa shape index (κ2) is 6.08. The fraction of sp³-hybridized carbons (Fsp3) is 0.389. The van der Waals surface area contributed by atoms with Crippen LogP contribution >= 0.6 is 11.8 Å². The van der Waals surface area contributed by atoms with Crippen molar-refractivity contribution >= 4 is 11.8 Å². The average molecular weight is 340 g/mol. The molecule has 0 atom stereocenters. The van der Waals surface area contributed by atoms with Crippen LogP contribution in [0.2, 0.25) is 0 Å². The van der Waals surface area contributed by atoms with E-state index < -0.39 is 0 Å². The number of rotatable bonds is 1. The van der Waals surface area contributed by atoms with E-state index in [1.807, 2.05) is 42.3 Å². The SMILES string of the molecule is CN1CSc2nc(-c3ccc(C(C)(C)C)cc3)c(C#N)c(=O)n2C1. The third kappa shape index (κ3) is 2.97. The third-order valence-electron chi connectivity index (χ3n) is 4.07. The fourth-order valence-corrected chi connectivity index (χ4v) is 3.53. The molecular formula is C18H20N4OS. The Labute approximate surface area is 145 Å². The molecule has 24 heavy (non-hydrogen) atoms. The maximum Gasteiger partial charge on any atom is 0.273 e. The molecule has 0 fully saturated rings. The van der Waals surface area contributed by atoms with Crippen molar-refractivity contribution in [2.24, 2.45) is 0 Å². The number of aromatic nitrogens is 2. The van der Waals surface area contributed by atoms with Gasteiger partial charge in [-0.1, -0.05) is 56.8 Å². The van der Waals surface area contributed by atoms with E-state index in [9.17, 15) is 10.1 Å². The van der Waals surface area contributed by atoms with Crippen LogP contribution in [-0.2, 0) is 12.1 Å². The summed E-state index contributed by atoms with van der Waals surface area (Å²) in [4.78, 5) is 19.3. The first-order valence-corrected chi connectivity index (χ1v) is 8.77. The Morgan fingerprint density at radius 1 is 1.25 bits per heavy atom. The van der Waals surface area contributed by atoms with Crippen molar-refractivity contribution in [1.82, 2.24) is 14.5 Å². The number of fused-ring (bicyclic) bond motifs is 1. The van der Waals surface area contributed by atoms with Gasteiger partial charge < -0.3 is 0 Å². The topological polar surface area (TPSA) is 61.9 Å². The van der Waals surface area contributed by atoms with Crippen molar-refractivity contribution in [3.63, 3.8) is 0 Å². The summed E-state index contributed by atoms with van der Waals surface area (Å²) in [5.74, 6) is 0.779. The van der Waals surface area contributed by atoms with Gasteiger partial charge >= 0.3 is 0 Å². The first-order chi connectivity index (χ1) is 11.3. The lowest BCUT2D eigenvalue weighted by molar-refractivity contribution is 0.279. The van der Waals surface area contributed by atoms with Crippen LogP contribution in [-0.4, -0.2) is 27.4 Å². The van der Waals surface area contributed by atoms with E-state index in [-0.39, 0.29) is 16.5 Å². The molecule has 5 nitrogen and oxygen atoms in total. The quantitative estimate of drug-likeness (QED) is 0.747. The van der Waals surface area contributed by atoms with Crippen molar-refractivity contribution in [1.29, 1.82) is 5.26 Å². The van der Waals surface area contributed by atoms with E-state index in [1.165, 1.54) is 17.3 Å². The summed E-state index contributed by atoms with van der Waals surface area (Å²) in [7, 11) is 1.94. The van der Waals surface area contributed by atoms with Crippen molar-refractivity contribution in [2.75, 3.05) is 12.9 Å². The molecule has 0 aliphatic carbocycles. The molecule has 0 spiro atoms. The molecule has 124 valence electrons. The summed E-state index contributed by atoms with van der Waals surface area (Å²) in [6.07, 6.45) is 0. The fourth-order valence-electron chi connectivity index (χ4n) is 2.66. The normalized spacial score (nSPS) is 15.0. The van der Waals surface area contributed by atoms with Gasteiger partial charge in [0.1, 0.15) is 11.6 Å². The van der Waals surface area contributed by atoms with E-state index >= 15 is 0 Å². The van der Waals surface area contributed by atoms with Gasteiger partial charge in [0.05, 0.1) is 18.2 Å². The maximum atomic E-state index is 12.7. The Morgan fingerprint density at radius 3 is 2.50 bits per heavy atom. The molecule has 1 aliphatic heterocycles. The molecular weight excluding hydrogens is 320 g/mol. The highest BCUT2D eigenvalue weighted by Crippen LogP contribution is 2.28. The molecule has 0 saturated carbocycles. The van der Waals surface area contributed by atoms with Crippen LogP contribution in [0.5, 0.6) is 0 Å². The highest BCUT2D eigenvalue weighted by molar-refractivity contribution is 7.99. The van der Waals surface area contributed by atoms with E-state index in [0.29, 0.717) is 17.5 Å². The van der Waals surface area contributed by atoms with Gasteiger partial charge in [-0.25, -0.2) is 4.98 Å². The maximum absolute atomic E-state index is 12.7. The van der Waals surface area contributed by atoms with Gasteiger partial charge in [-0.05, 0) is 18.0 Å². The summed E-state index contributed by atoms with van der Waals surface area (Å²) < 4.78 is 1.57. The minimum absolute atomic E-state index is 0.0554. The van der Waals surface area contributed by atoms with E-state index in [4.69, 9.17) is 0 Å². The second-order valence-electron chi connectivity index (χ2n) is 7.06. The second-order valence-corrected chi connectivity index (χ2v) is 7.97. The van der Waals surface area contributed by atoms with Crippen molar-refractivity contribution in [3.05, 3.63) is 45.7 Å². The standard InChI is InChI=1S/C18H20N4OS/c1-18(2,3)13-7-5-12(6-8-13)15-14(9-19)16(23)22-10-21(4)11-24-17(22)20-15/h5-8H,10-11H2,1-4H3. The Hall–Kier alpha value is -2.10. The number of hydrogen-bond donors (Lipinski definition) is 0. The average Bonchev–Trinajstić information content (AvgIpc) is 2.54. The lowest BCUT2D eigenvalue weighted by Crippen LogP contribution is -2.36. The van der Waals surface area contributed by atoms with E-state index in [2.05, 4.69) is 25.8 Å². The lowest BCUT2D eigenvalue weighted by Gasteiger charge is -2.25. The number of nitriles is 1. The Bertz CT molecular complexity index is 872. The van der Waals surface area contributed by atoms with Gasteiger partial charge in [0.15, 0.2) is 5.16 Å². The van der Waals surface area contributed by atoms with Crippen LogP contribution in [0.1, 0.15) is 31.9 Å². The zero-order chi connectivity index (χ0) is 17.5. The zero-order valence-corrected chi connectivity index (χ0v) is 15.1. The summed E-state index contributed by atoms with van der Waals surface area (Å²) in [5, 5.41) is 10.2. The van der Waals surface area contributed by atoms with Crippen LogP contribution < -0.4 is 5.56 Å². The smallest absolute Gasteiger partial charge is 0.273 e. The Balaban J connectivity index is 2.14. The predicted molar refractivity (Wildman–Crippen MR) is 95.8 cm³/mol. The molecule has 0 N–H and O–H groups in total. The first-order valence-electron chi connectivity index (χ1n) is 7.78. The van der Waals surface area contributed by atoms with Crippen molar-refractivity contribution in [2.45, 2.75) is 38.0 Å². The monoisotopic (exact) mass is 340 g/mol. The van der Waals surface area contributed by atoms with Gasteiger partial charge in [-0.15, -0.1) is 0 Å². The predicted octanol–water partition coefficient (Wildman–Crippen LogP) is 3.03. The Morgan fingerprint density at radius 2 is 1.92 bits per heavy atom. The molecule has 6 heteroatoms. The van der Waals surface area contributed by atoms with Crippen LogP contribution in [0.15, 0.2) is 34.2 Å². The Kier molecular flexibility index (Phi) is 4.24. The largest absolute Gasteiger partial charge is 0.279 e. The van der Waals surface area contributed by atoms with Gasteiger partial charge in [0.25, 0.3) is 5.56 Å². The van der Waals surface area contributed by atoms with Crippen LogP contribution in [0, 0.1) is 11.3 Å². The molecule has 0 radical (unpaired) electrons. The molecule has 0 amide bonds. The molecule has 2 heterocycles. The summed E-state index contributed by atoms with van der Waals surface area (Å²) >= 11 is 1.51. The van der Waals surface area contributed by atoms with Crippen molar-refractivity contribution in [3.8, 4) is 17.3 Å². The van der Waals surface area contributed by atoms with Gasteiger partial charge in [-0.2, -0.15) is 5.26 Å². The van der Waals surface area contributed by atoms with Gasteiger partial charge in [0, 0.05) is 5.56 Å². The number of thioether (sulfide) groups is 1. The van der Waals surface area contributed by atoms with Gasteiger partial charge in [-0.3, -0.25) is 14.3 Å². The van der Waals surface area contributed by atoms with E-state index in [1.54, 1.807) is 4.57 Å². The van der Waals surface area contributed by atoms with Crippen LogP contribution in [0.3, 0.4) is 0 Å². The summed E-state index contributed by atoms with van der Waals surface area (Å²) in [6.45, 7) is 6.92. The van der Waals surface area contributed by atoms with E-state index in [0.717, 1.165) is 11.4 Å². The third-order valence-corrected chi connectivity index (χ3v) is 5.21. The molecule has 1 aromatic carbocycles. The number of benzene rings is 1. The summed E-state index contributed by atoms with van der Waals surface area (Å²) in [5.41, 5.74) is 2.38. The molecule has 0 saturated heterocycles. The molecule has 1 aliphatic rings. The highest BCUT2D eigenvalue weighted by atomic mass is 32.2. The lowest BCUT2D eigenvalue weighted by atomic mass is 9.86. The van der Waals surface area contributed by atoms with Crippen molar-refractivity contribution < 1.29 is 0 Å². The number of hydrogen-bond acceptors (Lipinski definition) is 5. The first kappa shape index (κ1) is 16.7. The van der Waals surface area contributed by atoms with Crippen LogP contribution in [0.25, 0.3) is 11.3 Å². The molecule has 1 aromatic heterocycles. The van der Waals surface area contributed by atoms with Crippen LogP contribution in [0.4, 0.5) is 0 Å².